The van der Waals surface area contributed by atoms with Gasteiger partial charge in [-0.15, -0.1) is 0 Å². The summed E-state index contributed by atoms with van der Waals surface area (Å²) in [7, 11) is 0. The summed E-state index contributed by atoms with van der Waals surface area (Å²) in [6.45, 7) is 2.24. The first-order chi connectivity index (χ1) is 16.0. The lowest BCUT2D eigenvalue weighted by Crippen LogP contribution is -2.18. The molecule has 0 saturated carbocycles. The average Bonchev–Trinajstić information content (AvgIpc) is 2.82. The van der Waals surface area contributed by atoms with E-state index < -0.39 is 0 Å². The molecule has 0 atom stereocenters. The number of aromatic nitrogens is 1. The van der Waals surface area contributed by atoms with Crippen molar-refractivity contribution in [1.29, 1.82) is 0 Å². The van der Waals surface area contributed by atoms with Gasteiger partial charge in [0.05, 0.1) is 34.1 Å². The minimum absolute atomic E-state index is 0.0155. The number of nitrogens with zero attached hydrogens (tertiary/aromatic N) is 2. The Kier molecular flexibility index (Phi) is 7.05. The second-order valence-electron chi connectivity index (χ2n) is 7.06. The fraction of sp³-hybridized carbons (Fsp3) is 0.0800. The van der Waals surface area contributed by atoms with Crippen LogP contribution >= 0.6 is 31.9 Å². The van der Waals surface area contributed by atoms with Crippen molar-refractivity contribution in [1.82, 2.24) is 10.4 Å². The molecule has 0 aliphatic rings. The molecule has 166 valence electrons. The highest BCUT2D eigenvalue weighted by Crippen LogP contribution is 2.35. The highest BCUT2D eigenvalue weighted by molar-refractivity contribution is 9.10. The van der Waals surface area contributed by atoms with Crippen LogP contribution in [-0.2, 0) is 0 Å². The van der Waals surface area contributed by atoms with Gasteiger partial charge in [0.25, 0.3) is 5.91 Å². The van der Waals surface area contributed by atoms with E-state index in [2.05, 4.69) is 42.4 Å². The van der Waals surface area contributed by atoms with Gasteiger partial charge in [-0.25, -0.2) is 10.4 Å². The topological polar surface area (TPSA) is 83.8 Å². The number of benzene rings is 3. The van der Waals surface area contributed by atoms with E-state index >= 15 is 0 Å². The maximum absolute atomic E-state index is 13.0. The molecule has 6 nitrogen and oxygen atoms in total. The average molecular weight is 569 g/mol. The van der Waals surface area contributed by atoms with E-state index in [9.17, 15) is 9.90 Å². The highest BCUT2D eigenvalue weighted by Gasteiger charge is 2.14. The molecule has 1 amide bonds. The molecule has 4 rings (SSSR count). The van der Waals surface area contributed by atoms with Gasteiger partial charge >= 0.3 is 0 Å². The second-order valence-corrected chi connectivity index (χ2v) is 8.83. The molecule has 3 aromatic carbocycles. The van der Waals surface area contributed by atoms with Crippen molar-refractivity contribution in [3.8, 4) is 22.8 Å². The third-order valence-electron chi connectivity index (χ3n) is 4.83. The Hall–Kier alpha value is -3.23. The number of pyridine rings is 1. The summed E-state index contributed by atoms with van der Waals surface area (Å²) < 4.78 is 6.86. The van der Waals surface area contributed by atoms with Crippen molar-refractivity contribution in [3.63, 3.8) is 0 Å². The zero-order valence-electron chi connectivity index (χ0n) is 17.5. The van der Waals surface area contributed by atoms with E-state index in [4.69, 9.17) is 9.72 Å². The molecule has 0 fully saturated rings. The molecule has 8 heteroatoms. The summed E-state index contributed by atoms with van der Waals surface area (Å²) in [5.41, 5.74) is 6.02. The summed E-state index contributed by atoms with van der Waals surface area (Å²) >= 11 is 6.74. The molecule has 4 aromatic rings. The van der Waals surface area contributed by atoms with Gasteiger partial charge in [-0.3, -0.25) is 4.79 Å². The Morgan fingerprint density at radius 1 is 1.12 bits per heavy atom. The first-order valence-corrected chi connectivity index (χ1v) is 11.7. The molecule has 33 heavy (non-hydrogen) atoms. The monoisotopic (exact) mass is 567 g/mol. The van der Waals surface area contributed by atoms with Gasteiger partial charge in [0.15, 0.2) is 11.5 Å². The predicted molar refractivity (Wildman–Crippen MR) is 137 cm³/mol. The zero-order chi connectivity index (χ0) is 23.4. The first-order valence-electron chi connectivity index (χ1n) is 10.1. The molecule has 2 N–H and O–H groups in total. The number of hydrazone groups is 1. The van der Waals surface area contributed by atoms with E-state index in [0.29, 0.717) is 33.6 Å². The standard InChI is InChI=1S/C25H19Br2N3O3/c1-2-33-23-12-15(11-20(27)24(23)31)14-28-30-25(32)19-13-22(16-7-9-17(26)10-8-16)29-21-6-4-3-5-18(19)21/h3-14,31H,2H2,1H3,(H,30,32). The third kappa shape index (κ3) is 5.23. The quantitative estimate of drug-likeness (QED) is 0.211. The van der Waals surface area contributed by atoms with E-state index in [-0.39, 0.29) is 11.7 Å². The highest BCUT2D eigenvalue weighted by atomic mass is 79.9. The van der Waals surface area contributed by atoms with Gasteiger partial charge in [-0.2, -0.15) is 5.10 Å². The number of phenolic OH excluding ortho intramolecular Hbond substituents is 1. The normalized spacial score (nSPS) is 11.1. The Bertz CT molecular complexity index is 1360. The number of carbonyl (C=O) groups excluding carboxylic acids is 1. The molecule has 0 unspecified atom stereocenters. The van der Waals surface area contributed by atoms with Crippen LogP contribution in [0, 0.1) is 0 Å². The molecule has 0 spiro atoms. The van der Waals surface area contributed by atoms with Crippen LogP contribution in [0.25, 0.3) is 22.2 Å². The van der Waals surface area contributed by atoms with Gasteiger partial charge < -0.3 is 9.84 Å². The van der Waals surface area contributed by atoms with Crippen molar-refractivity contribution >= 4 is 54.9 Å². The fourth-order valence-corrected chi connectivity index (χ4v) is 4.02. The van der Waals surface area contributed by atoms with Gasteiger partial charge in [0.2, 0.25) is 0 Å². The van der Waals surface area contributed by atoms with Crippen LogP contribution in [0.1, 0.15) is 22.8 Å². The molecular weight excluding hydrogens is 550 g/mol. The predicted octanol–water partition coefficient (Wildman–Crippen LogP) is 6.30. The Morgan fingerprint density at radius 3 is 2.64 bits per heavy atom. The molecule has 0 aliphatic carbocycles. The van der Waals surface area contributed by atoms with Crippen LogP contribution in [0.2, 0.25) is 0 Å². The fourth-order valence-electron chi connectivity index (χ4n) is 3.29. The van der Waals surface area contributed by atoms with E-state index in [1.54, 1.807) is 18.2 Å². The number of halogens is 2. The van der Waals surface area contributed by atoms with Crippen LogP contribution < -0.4 is 10.2 Å². The SMILES string of the molecule is CCOc1cc(C=NNC(=O)c2cc(-c3ccc(Br)cc3)nc3ccccc23)cc(Br)c1O. The number of aromatic hydroxyl groups is 1. The van der Waals surface area contributed by atoms with Gasteiger partial charge in [0, 0.05) is 15.4 Å². The molecule has 1 heterocycles. The number of nitrogens with one attached hydrogen (secondary N) is 1. The lowest BCUT2D eigenvalue weighted by Gasteiger charge is -2.09. The van der Waals surface area contributed by atoms with Crippen molar-refractivity contribution in [2.24, 2.45) is 5.10 Å². The van der Waals surface area contributed by atoms with E-state index in [1.807, 2.05) is 55.5 Å². The Labute approximate surface area is 207 Å². The Morgan fingerprint density at radius 2 is 1.88 bits per heavy atom. The number of hydrogen-bond donors (Lipinski definition) is 2. The summed E-state index contributed by atoms with van der Waals surface area (Å²) in [5.74, 6) is -0.00762. The summed E-state index contributed by atoms with van der Waals surface area (Å²) in [6.07, 6.45) is 1.49. The minimum atomic E-state index is -0.355. The minimum Gasteiger partial charge on any atom is -0.503 e. The number of fused-ring (bicyclic) bond motifs is 1. The largest absolute Gasteiger partial charge is 0.503 e. The van der Waals surface area contributed by atoms with Crippen LogP contribution in [-0.4, -0.2) is 28.8 Å². The molecule has 0 radical (unpaired) electrons. The number of ether oxygens (including phenoxy) is 1. The number of rotatable bonds is 6. The third-order valence-corrected chi connectivity index (χ3v) is 5.96. The van der Waals surface area contributed by atoms with E-state index in [0.717, 1.165) is 20.9 Å². The maximum Gasteiger partial charge on any atom is 0.272 e. The second kappa shape index (κ2) is 10.1. The van der Waals surface area contributed by atoms with Crippen molar-refractivity contribution in [2.45, 2.75) is 6.92 Å². The molecular formula is C25H19Br2N3O3. The van der Waals surface area contributed by atoms with Gasteiger partial charge in [0.1, 0.15) is 0 Å². The van der Waals surface area contributed by atoms with Crippen LogP contribution in [0.5, 0.6) is 11.5 Å². The number of para-hydroxylation sites is 1. The summed E-state index contributed by atoms with van der Waals surface area (Å²) in [6, 6.07) is 20.3. The number of carbonyl (C=O) groups is 1. The van der Waals surface area contributed by atoms with Crippen LogP contribution in [0.4, 0.5) is 0 Å². The Balaban J connectivity index is 1.64. The summed E-state index contributed by atoms with van der Waals surface area (Å²) in [4.78, 5) is 17.8. The van der Waals surface area contributed by atoms with Crippen molar-refractivity contribution in [2.75, 3.05) is 6.61 Å². The molecule has 0 saturated heterocycles. The van der Waals surface area contributed by atoms with E-state index in [1.165, 1.54) is 6.21 Å². The van der Waals surface area contributed by atoms with Gasteiger partial charge in [-0.1, -0.05) is 46.3 Å². The van der Waals surface area contributed by atoms with Crippen LogP contribution in [0.15, 0.2) is 80.8 Å². The smallest absolute Gasteiger partial charge is 0.272 e. The number of phenols is 1. The molecule has 0 aliphatic heterocycles. The van der Waals surface area contributed by atoms with Gasteiger partial charge in [-0.05, 0) is 64.8 Å². The zero-order valence-corrected chi connectivity index (χ0v) is 20.7. The molecule has 0 bridgehead atoms. The first kappa shape index (κ1) is 22.9. The molecule has 1 aromatic heterocycles. The lowest BCUT2D eigenvalue weighted by molar-refractivity contribution is 0.0956. The van der Waals surface area contributed by atoms with Crippen LogP contribution in [0.3, 0.4) is 0 Å². The maximum atomic E-state index is 13.0. The number of hydrogen-bond acceptors (Lipinski definition) is 5. The number of amides is 1. The lowest BCUT2D eigenvalue weighted by atomic mass is 10.0. The van der Waals surface area contributed by atoms with Crippen molar-refractivity contribution < 1.29 is 14.6 Å². The summed E-state index contributed by atoms with van der Waals surface area (Å²) in [5, 5.41) is 14.9. The van der Waals surface area contributed by atoms with Crippen molar-refractivity contribution in [3.05, 3.63) is 86.8 Å².